The number of carbonyl (C=O) groups excluding carboxylic acids is 1. The fraction of sp³-hybridized carbons (Fsp3) is 0.316. The van der Waals surface area contributed by atoms with E-state index in [1.54, 1.807) is 24.3 Å². The molecule has 6 heteroatoms. The van der Waals surface area contributed by atoms with Gasteiger partial charge in [0, 0.05) is 17.0 Å². The Morgan fingerprint density at radius 2 is 1.84 bits per heavy atom. The van der Waals surface area contributed by atoms with E-state index >= 15 is 0 Å². The highest BCUT2D eigenvalue weighted by Gasteiger charge is 2.20. The Labute approximate surface area is 147 Å². The van der Waals surface area contributed by atoms with E-state index in [-0.39, 0.29) is 11.0 Å². The van der Waals surface area contributed by atoms with E-state index in [2.05, 4.69) is 30.7 Å². The van der Waals surface area contributed by atoms with Crippen LogP contribution in [0.2, 0.25) is 0 Å². The fourth-order valence-electron chi connectivity index (χ4n) is 2.15. The molecule has 0 spiro atoms. The lowest BCUT2D eigenvalue weighted by Gasteiger charge is -2.18. The molecule has 2 aromatic rings. The van der Waals surface area contributed by atoms with Gasteiger partial charge in [0.25, 0.3) is 0 Å². The number of carbonyl (C=O) groups is 1. The summed E-state index contributed by atoms with van der Waals surface area (Å²) in [5.74, 6) is 0.347. The number of nitrogens with zero attached hydrogens (tertiary/aromatic N) is 2. The molecule has 0 N–H and O–H groups in total. The number of para-hydroxylation sites is 1. The number of ether oxygens (including phenoxy) is 3. The zero-order valence-corrected chi connectivity index (χ0v) is 15.1. The van der Waals surface area contributed by atoms with E-state index < -0.39 is 5.97 Å². The topological polar surface area (TPSA) is 70.5 Å². The number of hydrogen-bond acceptors (Lipinski definition) is 6. The van der Waals surface area contributed by atoms with Crippen LogP contribution in [0.4, 0.5) is 0 Å². The van der Waals surface area contributed by atoms with Crippen LogP contribution in [0.1, 0.15) is 32.0 Å². The number of methoxy groups -OCH3 is 2. The first-order chi connectivity index (χ1) is 11.9. The standard InChI is InChI=1S/C19H22N2O4/c1-19(2,3)16-10-17(21-12-20-16)25-15-9-7-6-8-13(15)14(11-23-4)18(22)24-5/h6-12H,1-5H3/b14-11+. The lowest BCUT2D eigenvalue weighted by atomic mass is 9.92. The van der Waals surface area contributed by atoms with Gasteiger partial charge in [0.1, 0.15) is 17.6 Å². The summed E-state index contributed by atoms with van der Waals surface area (Å²) in [6.07, 6.45) is 2.79. The van der Waals surface area contributed by atoms with Gasteiger partial charge in [-0.15, -0.1) is 0 Å². The Hall–Kier alpha value is -2.89. The second kappa shape index (κ2) is 7.79. The van der Waals surface area contributed by atoms with Crippen LogP contribution in [0.15, 0.2) is 42.9 Å². The van der Waals surface area contributed by atoms with Gasteiger partial charge in [0.05, 0.1) is 26.2 Å². The van der Waals surface area contributed by atoms with Gasteiger partial charge in [-0.2, -0.15) is 0 Å². The van der Waals surface area contributed by atoms with E-state index in [0.29, 0.717) is 17.2 Å². The second-order valence-electron chi connectivity index (χ2n) is 6.35. The van der Waals surface area contributed by atoms with Gasteiger partial charge in [0.15, 0.2) is 0 Å². The number of benzene rings is 1. The third-order valence-electron chi connectivity index (χ3n) is 3.44. The highest BCUT2D eigenvalue weighted by Crippen LogP contribution is 2.31. The number of esters is 1. The van der Waals surface area contributed by atoms with Crippen LogP contribution in [0.3, 0.4) is 0 Å². The third kappa shape index (κ3) is 4.56. The lowest BCUT2D eigenvalue weighted by molar-refractivity contribution is -0.133. The molecule has 1 aromatic carbocycles. The molecule has 25 heavy (non-hydrogen) atoms. The molecule has 2 rings (SSSR count). The summed E-state index contributed by atoms with van der Waals surface area (Å²) in [5, 5.41) is 0. The lowest BCUT2D eigenvalue weighted by Crippen LogP contribution is -2.13. The van der Waals surface area contributed by atoms with Gasteiger partial charge in [-0.25, -0.2) is 14.8 Å². The van der Waals surface area contributed by atoms with Crippen LogP contribution in [-0.4, -0.2) is 30.2 Å². The van der Waals surface area contributed by atoms with Gasteiger partial charge < -0.3 is 14.2 Å². The Balaban J connectivity index is 2.42. The molecular weight excluding hydrogens is 320 g/mol. The molecule has 0 saturated heterocycles. The zero-order valence-electron chi connectivity index (χ0n) is 15.1. The van der Waals surface area contributed by atoms with Crippen molar-refractivity contribution in [2.24, 2.45) is 0 Å². The zero-order chi connectivity index (χ0) is 18.4. The highest BCUT2D eigenvalue weighted by molar-refractivity contribution is 6.17. The van der Waals surface area contributed by atoms with Crippen molar-refractivity contribution in [3.63, 3.8) is 0 Å². The molecule has 0 aliphatic heterocycles. The van der Waals surface area contributed by atoms with Crippen molar-refractivity contribution in [2.75, 3.05) is 14.2 Å². The first-order valence-electron chi connectivity index (χ1n) is 7.78. The summed E-state index contributed by atoms with van der Waals surface area (Å²) in [6.45, 7) is 6.18. The average molecular weight is 342 g/mol. The molecule has 0 saturated carbocycles. The molecule has 0 bridgehead atoms. The van der Waals surface area contributed by atoms with Crippen molar-refractivity contribution in [3.05, 3.63) is 54.2 Å². The van der Waals surface area contributed by atoms with Crippen LogP contribution < -0.4 is 4.74 Å². The van der Waals surface area contributed by atoms with Crippen LogP contribution in [0.25, 0.3) is 5.57 Å². The minimum Gasteiger partial charge on any atom is -0.503 e. The fourth-order valence-corrected chi connectivity index (χ4v) is 2.15. The molecule has 0 fully saturated rings. The molecule has 1 heterocycles. The number of aromatic nitrogens is 2. The molecule has 0 unspecified atom stereocenters. The van der Waals surface area contributed by atoms with E-state index in [4.69, 9.17) is 14.2 Å². The smallest absolute Gasteiger partial charge is 0.341 e. The molecule has 0 atom stereocenters. The van der Waals surface area contributed by atoms with Crippen molar-refractivity contribution >= 4 is 11.5 Å². The molecule has 0 radical (unpaired) electrons. The monoisotopic (exact) mass is 342 g/mol. The molecule has 0 aliphatic carbocycles. The first kappa shape index (κ1) is 18.4. The highest BCUT2D eigenvalue weighted by atomic mass is 16.5. The molecular formula is C19H22N2O4. The van der Waals surface area contributed by atoms with E-state index in [1.807, 2.05) is 6.07 Å². The van der Waals surface area contributed by atoms with Crippen molar-refractivity contribution in [1.29, 1.82) is 0 Å². The quantitative estimate of drug-likeness (QED) is 0.468. The Kier molecular flexibility index (Phi) is 5.75. The molecule has 0 aliphatic rings. The Morgan fingerprint density at radius 3 is 2.48 bits per heavy atom. The number of rotatable bonds is 5. The summed E-state index contributed by atoms with van der Waals surface area (Å²) < 4.78 is 15.7. The minimum atomic E-state index is -0.518. The molecule has 132 valence electrons. The predicted molar refractivity (Wildman–Crippen MR) is 94.3 cm³/mol. The molecule has 0 amide bonds. The van der Waals surface area contributed by atoms with Gasteiger partial charge in [-0.05, 0) is 6.07 Å². The first-order valence-corrected chi connectivity index (χ1v) is 7.78. The van der Waals surface area contributed by atoms with Crippen molar-refractivity contribution in [3.8, 4) is 11.6 Å². The van der Waals surface area contributed by atoms with Crippen molar-refractivity contribution in [1.82, 2.24) is 9.97 Å². The maximum atomic E-state index is 12.0. The van der Waals surface area contributed by atoms with Crippen LogP contribution in [0, 0.1) is 0 Å². The van der Waals surface area contributed by atoms with Crippen LogP contribution in [-0.2, 0) is 19.7 Å². The number of hydrogen-bond donors (Lipinski definition) is 0. The van der Waals surface area contributed by atoms with Gasteiger partial charge >= 0.3 is 5.97 Å². The third-order valence-corrected chi connectivity index (χ3v) is 3.44. The van der Waals surface area contributed by atoms with E-state index in [1.165, 1.54) is 26.8 Å². The average Bonchev–Trinajstić information content (AvgIpc) is 2.59. The predicted octanol–water partition coefficient (Wildman–Crippen LogP) is 3.73. The second-order valence-corrected chi connectivity index (χ2v) is 6.35. The van der Waals surface area contributed by atoms with Gasteiger partial charge in [-0.1, -0.05) is 39.0 Å². The Morgan fingerprint density at radius 1 is 1.12 bits per heavy atom. The van der Waals surface area contributed by atoms with E-state index in [9.17, 15) is 4.79 Å². The maximum Gasteiger partial charge on any atom is 0.341 e. The summed E-state index contributed by atoms with van der Waals surface area (Å²) in [4.78, 5) is 20.5. The molecule has 6 nitrogen and oxygen atoms in total. The summed E-state index contributed by atoms with van der Waals surface area (Å²) >= 11 is 0. The van der Waals surface area contributed by atoms with E-state index in [0.717, 1.165) is 5.69 Å². The Bertz CT molecular complexity index is 779. The van der Waals surface area contributed by atoms with Crippen molar-refractivity contribution in [2.45, 2.75) is 26.2 Å². The molecule has 1 aromatic heterocycles. The van der Waals surface area contributed by atoms with Gasteiger partial charge in [0.2, 0.25) is 5.88 Å². The SMILES string of the molecule is CO/C=C(/C(=O)OC)c1ccccc1Oc1cc(C(C)(C)C)ncn1. The normalized spacial score (nSPS) is 11.8. The maximum absolute atomic E-state index is 12.0. The van der Waals surface area contributed by atoms with Crippen LogP contribution >= 0.6 is 0 Å². The minimum absolute atomic E-state index is 0.131. The summed E-state index contributed by atoms with van der Waals surface area (Å²) in [7, 11) is 2.78. The summed E-state index contributed by atoms with van der Waals surface area (Å²) in [5.41, 5.74) is 1.53. The largest absolute Gasteiger partial charge is 0.503 e. The van der Waals surface area contributed by atoms with Crippen LogP contribution in [0.5, 0.6) is 11.6 Å². The summed E-state index contributed by atoms with van der Waals surface area (Å²) in [6, 6.07) is 8.90. The van der Waals surface area contributed by atoms with Crippen molar-refractivity contribution < 1.29 is 19.0 Å². The van der Waals surface area contributed by atoms with Gasteiger partial charge in [-0.3, -0.25) is 0 Å².